The minimum Gasteiger partial charge on any atom is -0.308 e. The zero-order valence-electron chi connectivity index (χ0n) is 12.3. The molecule has 0 bridgehead atoms. The summed E-state index contributed by atoms with van der Waals surface area (Å²) in [4.78, 5) is 2.57. The van der Waals surface area contributed by atoms with Gasteiger partial charge in [-0.2, -0.15) is 5.10 Å². The molecule has 1 fully saturated rings. The van der Waals surface area contributed by atoms with E-state index in [0.29, 0.717) is 0 Å². The van der Waals surface area contributed by atoms with Crippen molar-refractivity contribution >= 4 is 0 Å². The predicted molar refractivity (Wildman–Crippen MR) is 74.4 cm³/mol. The smallest absolute Gasteiger partial charge is 0.0534 e. The van der Waals surface area contributed by atoms with E-state index in [1.165, 1.54) is 5.56 Å². The summed E-state index contributed by atoms with van der Waals surface area (Å²) in [6, 6.07) is 0. The van der Waals surface area contributed by atoms with Crippen LogP contribution in [0.2, 0.25) is 0 Å². The van der Waals surface area contributed by atoms with Gasteiger partial charge in [-0.25, -0.2) is 0 Å². The molecule has 2 rings (SSSR count). The van der Waals surface area contributed by atoms with E-state index in [1.807, 2.05) is 17.9 Å². The quantitative estimate of drug-likeness (QED) is 0.887. The van der Waals surface area contributed by atoms with Gasteiger partial charge >= 0.3 is 0 Å². The SMILES string of the molecule is CCC1(C)CN(Cc2cnn(C)c2)C(C)(C)CN1. The van der Waals surface area contributed by atoms with Crippen LogP contribution in [0.3, 0.4) is 0 Å². The Kier molecular flexibility index (Phi) is 3.52. The van der Waals surface area contributed by atoms with Gasteiger partial charge in [0.05, 0.1) is 6.20 Å². The van der Waals surface area contributed by atoms with E-state index in [9.17, 15) is 0 Å². The van der Waals surface area contributed by atoms with E-state index < -0.39 is 0 Å². The molecule has 2 heterocycles. The Hall–Kier alpha value is -0.870. The maximum absolute atomic E-state index is 4.26. The van der Waals surface area contributed by atoms with Crippen LogP contribution in [0, 0.1) is 0 Å². The molecule has 18 heavy (non-hydrogen) atoms. The average molecular weight is 250 g/mol. The second-order valence-electron chi connectivity index (χ2n) is 6.46. The van der Waals surface area contributed by atoms with Crippen LogP contribution in [0.4, 0.5) is 0 Å². The number of piperazine rings is 1. The van der Waals surface area contributed by atoms with Crippen LogP contribution >= 0.6 is 0 Å². The van der Waals surface area contributed by atoms with Crippen molar-refractivity contribution in [2.45, 2.75) is 51.7 Å². The third-order valence-corrected chi connectivity index (χ3v) is 4.26. The van der Waals surface area contributed by atoms with Crippen LogP contribution in [-0.4, -0.2) is 38.8 Å². The van der Waals surface area contributed by atoms with Crippen LogP contribution in [-0.2, 0) is 13.6 Å². The number of nitrogens with zero attached hydrogens (tertiary/aromatic N) is 3. The van der Waals surface area contributed by atoms with Gasteiger partial charge in [0.1, 0.15) is 0 Å². The fraction of sp³-hybridized carbons (Fsp3) is 0.786. The Morgan fingerprint density at radius 1 is 1.39 bits per heavy atom. The first-order chi connectivity index (χ1) is 8.35. The molecule has 0 amide bonds. The second-order valence-corrected chi connectivity index (χ2v) is 6.46. The molecule has 1 aromatic rings. The van der Waals surface area contributed by atoms with Gasteiger partial charge in [0.25, 0.3) is 0 Å². The van der Waals surface area contributed by atoms with Gasteiger partial charge in [0, 0.05) is 49.5 Å². The van der Waals surface area contributed by atoms with E-state index in [-0.39, 0.29) is 11.1 Å². The van der Waals surface area contributed by atoms with Crippen LogP contribution in [0.1, 0.15) is 39.7 Å². The molecule has 0 saturated carbocycles. The number of rotatable bonds is 3. The van der Waals surface area contributed by atoms with E-state index in [1.54, 1.807) is 0 Å². The highest BCUT2D eigenvalue weighted by Gasteiger charge is 2.38. The van der Waals surface area contributed by atoms with Gasteiger partial charge in [0.2, 0.25) is 0 Å². The lowest BCUT2D eigenvalue weighted by atomic mass is 9.88. The maximum Gasteiger partial charge on any atom is 0.0534 e. The summed E-state index contributed by atoms with van der Waals surface area (Å²) in [6.45, 7) is 12.3. The van der Waals surface area contributed by atoms with Crippen LogP contribution < -0.4 is 5.32 Å². The molecule has 1 N–H and O–H groups in total. The topological polar surface area (TPSA) is 33.1 Å². The highest BCUT2D eigenvalue weighted by atomic mass is 15.3. The van der Waals surface area contributed by atoms with Crippen molar-refractivity contribution in [2.75, 3.05) is 13.1 Å². The number of hydrogen-bond acceptors (Lipinski definition) is 3. The number of aromatic nitrogens is 2. The molecule has 0 aliphatic carbocycles. The first-order valence-corrected chi connectivity index (χ1v) is 6.82. The van der Waals surface area contributed by atoms with Crippen molar-refractivity contribution in [2.24, 2.45) is 7.05 Å². The molecule has 102 valence electrons. The number of hydrogen-bond donors (Lipinski definition) is 1. The summed E-state index contributed by atoms with van der Waals surface area (Å²) in [5, 5.41) is 7.95. The highest BCUT2D eigenvalue weighted by molar-refractivity contribution is 5.07. The molecule has 1 aromatic heterocycles. The number of nitrogens with one attached hydrogen (secondary N) is 1. The minimum absolute atomic E-state index is 0.199. The van der Waals surface area contributed by atoms with Crippen molar-refractivity contribution in [3.05, 3.63) is 18.0 Å². The summed E-state index contributed by atoms with van der Waals surface area (Å²) < 4.78 is 1.88. The molecular formula is C14H26N4. The Bertz CT molecular complexity index is 410. The van der Waals surface area contributed by atoms with Gasteiger partial charge in [-0.15, -0.1) is 0 Å². The van der Waals surface area contributed by atoms with Gasteiger partial charge in [-0.3, -0.25) is 9.58 Å². The molecule has 0 spiro atoms. The van der Waals surface area contributed by atoms with Gasteiger partial charge in [0.15, 0.2) is 0 Å². The Balaban J connectivity index is 2.12. The average Bonchev–Trinajstić information content (AvgIpc) is 2.70. The second kappa shape index (κ2) is 4.67. The molecule has 4 nitrogen and oxygen atoms in total. The van der Waals surface area contributed by atoms with E-state index >= 15 is 0 Å². The van der Waals surface area contributed by atoms with Crippen molar-refractivity contribution in [1.29, 1.82) is 0 Å². The van der Waals surface area contributed by atoms with Gasteiger partial charge < -0.3 is 5.32 Å². The van der Waals surface area contributed by atoms with Crippen LogP contribution in [0.25, 0.3) is 0 Å². The number of aryl methyl sites for hydroxylation is 1. The third kappa shape index (κ3) is 2.75. The molecule has 1 aliphatic rings. The summed E-state index contributed by atoms with van der Waals surface area (Å²) in [6.07, 6.45) is 5.25. The lowest BCUT2D eigenvalue weighted by Gasteiger charge is -2.50. The van der Waals surface area contributed by atoms with Crippen LogP contribution in [0.5, 0.6) is 0 Å². The van der Waals surface area contributed by atoms with E-state index in [2.05, 4.69) is 49.2 Å². The largest absolute Gasteiger partial charge is 0.308 e. The zero-order valence-corrected chi connectivity index (χ0v) is 12.3. The fourth-order valence-corrected chi connectivity index (χ4v) is 2.51. The molecule has 4 heteroatoms. The van der Waals surface area contributed by atoms with Gasteiger partial charge in [-0.1, -0.05) is 6.92 Å². The third-order valence-electron chi connectivity index (χ3n) is 4.26. The van der Waals surface area contributed by atoms with E-state index in [0.717, 1.165) is 26.1 Å². The molecular weight excluding hydrogens is 224 g/mol. The monoisotopic (exact) mass is 250 g/mol. The maximum atomic E-state index is 4.26. The molecule has 0 radical (unpaired) electrons. The van der Waals surface area contributed by atoms with E-state index in [4.69, 9.17) is 0 Å². The van der Waals surface area contributed by atoms with Gasteiger partial charge in [-0.05, 0) is 27.2 Å². The van der Waals surface area contributed by atoms with Crippen molar-refractivity contribution in [1.82, 2.24) is 20.0 Å². The minimum atomic E-state index is 0.199. The Morgan fingerprint density at radius 2 is 2.11 bits per heavy atom. The van der Waals surface area contributed by atoms with Crippen LogP contribution in [0.15, 0.2) is 12.4 Å². The Morgan fingerprint density at radius 3 is 2.67 bits per heavy atom. The molecule has 0 aromatic carbocycles. The standard InChI is InChI=1S/C14H26N4/c1-6-14(4)11-18(13(2,3)10-15-14)9-12-7-16-17(5)8-12/h7-8,15H,6,9-11H2,1-5H3. The van der Waals surface area contributed by atoms with Crippen molar-refractivity contribution in [3.8, 4) is 0 Å². The molecule has 1 atom stereocenters. The lowest BCUT2D eigenvalue weighted by Crippen LogP contribution is -2.66. The normalized spacial score (nSPS) is 28.5. The zero-order chi connectivity index (χ0) is 13.4. The fourth-order valence-electron chi connectivity index (χ4n) is 2.51. The molecule has 1 aliphatic heterocycles. The first-order valence-electron chi connectivity index (χ1n) is 6.82. The molecule has 1 unspecified atom stereocenters. The lowest BCUT2D eigenvalue weighted by molar-refractivity contribution is 0.0246. The summed E-state index contributed by atoms with van der Waals surface area (Å²) in [5.74, 6) is 0. The highest BCUT2D eigenvalue weighted by Crippen LogP contribution is 2.27. The van der Waals surface area contributed by atoms with Crippen molar-refractivity contribution in [3.63, 3.8) is 0 Å². The Labute approximate surface area is 110 Å². The molecule has 1 saturated heterocycles. The summed E-state index contributed by atoms with van der Waals surface area (Å²) >= 11 is 0. The first kappa shape index (κ1) is 13.6. The van der Waals surface area contributed by atoms with Crippen molar-refractivity contribution < 1.29 is 0 Å². The predicted octanol–water partition coefficient (Wildman–Crippen LogP) is 1.77. The summed E-state index contributed by atoms with van der Waals surface area (Å²) in [7, 11) is 1.97. The summed E-state index contributed by atoms with van der Waals surface area (Å²) in [5.41, 5.74) is 1.73.